The molecule has 2 amide bonds. The van der Waals surface area contributed by atoms with Crippen LogP contribution in [0.5, 0.6) is 0 Å². The summed E-state index contributed by atoms with van der Waals surface area (Å²) in [6.45, 7) is 0. The van der Waals surface area contributed by atoms with Gasteiger partial charge in [0.1, 0.15) is 5.71 Å². The lowest BCUT2D eigenvalue weighted by molar-refractivity contribution is -0.133. The number of amides is 2. The molecule has 1 aromatic rings. The van der Waals surface area contributed by atoms with Crippen LogP contribution in [-0.2, 0) is 19.4 Å². The highest BCUT2D eigenvalue weighted by molar-refractivity contribution is 7.98. The molecule has 1 saturated heterocycles. The van der Waals surface area contributed by atoms with E-state index in [-0.39, 0.29) is 41.9 Å². The molecule has 0 spiro atoms. The van der Waals surface area contributed by atoms with Crippen molar-refractivity contribution >= 4 is 44.8 Å². The summed E-state index contributed by atoms with van der Waals surface area (Å²) >= 11 is 1.57. The number of carbonyl (C=O) groups excluding carboxylic acids is 2. The summed E-state index contributed by atoms with van der Waals surface area (Å²) < 4.78 is 23.3. The first-order valence-corrected chi connectivity index (χ1v) is 11.0. The lowest BCUT2D eigenvalue weighted by atomic mass is 10.1. The number of thioether (sulfide) groups is 1. The highest BCUT2D eigenvalue weighted by Gasteiger charge is 2.37. The number of nitrogens with one attached hydrogen (secondary N) is 1. The van der Waals surface area contributed by atoms with Crippen molar-refractivity contribution in [3.8, 4) is 0 Å². The minimum absolute atomic E-state index is 0.0555. The van der Waals surface area contributed by atoms with Gasteiger partial charge in [0.05, 0.1) is 17.5 Å². The zero-order valence-corrected chi connectivity index (χ0v) is 15.4. The molecule has 7 nitrogen and oxygen atoms in total. The molecule has 2 aliphatic rings. The number of hydrazone groups is 1. The fourth-order valence-electron chi connectivity index (χ4n) is 2.89. The predicted molar refractivity (Wildman–Crippen MR) is 97.4 cm³/mol. The topological polar surface area (TPSA) is 95.9 Å². The second-order valence-corrected chi connectivity index (χ2v) is 9.14. The van der Waals surface area contributed by atoms with Gasteiger partial charge in [-0.05, 0) is 30.9 Å². The lowest BCUT2D eigenvalue weighted by Crippen LogP contribution is -2.42. The molecule has 25 heavy (non-hydrogen) atoms. The van der Waals surface area contributed by atoms with Crippen LogP contribution >= 0.6 is 11.8 Å². The highest BCUT2D eigenvalue weighted by atomic mass is 32.2. The van der Waals surface area contributed by atoms with Crippen LogP contribution in [0.25, 0.3) is 0 Å². The Bertz CT molecular complexity index is 836. The van der Waals surface area contributed by atoms with Crippen molar-refractivity contribution in [1.29, 1.82) is 0 Å². The molecular weight excluding hydrogens is 362 g/mol. The zero-order valence-electron chi connectivity index (χ0n) is 13.8. The van der Waals surface area contributed by atoms with Gasteiger partial charge in [-0.1, -0.05) is 6.07 Å². The molecule has 0 aromatic heterocycles. The third kappa shape index (κ3) is 4.21. The first kappa shape index (κ1) is 17.9. The number of rotatable bonds is 4. The van der Waals surface area contributed by atoms with Crippen molar-refractivity contribution in [3.63, 3.8) is 0 Å². The van der Waals surface area contributed by atoms with Gasteiger partial charge in [0.25, 0.3) is 5.91 Å². The Labute approximate surface area is 150 Å². The largest absolute Gasteiger partial charge is 0.321 e. The highest BCUT2D eigenvalue weighted by Crippen LogP contribution is 2.23. The zero-order chi connectivity index (χ0) is 18.0. The molecule has 3 rings (SSSR count). The third-order valence-corrected chi connectivity index (χ3v) is 6.68. The smallest absolute Gasteiger partial charge is 0.271 e. The van der Waals surface area contributed by atoms with Gasteiger partial charge >= 0.3 is 0 Å². The van der Waals surface area contributed by atoms with E-state index in [1.807, 2.05) is 24.5 Å². The van der Waals surface area contributed by atoms with E-state index in [0.29, 0.717) is 12.1 Å². The van der Waals surface area contributed by atoms with Crippen LogP contribution in [0, 0.1) is 0 Å². The van der Waals surface area contributed by atoms with E-state index in [2.05, 4.69) is 10.4 Å². The van der Waals surface area contributed by atoms with Crippen molar-refractivity contribution in [2.45, 2.75) is 30.2 Å². The van der Waals surface area contributed by atoms with Crippen LogP contribution < -0.4 is 5.32 Å². The van der Waals surface area contributed by atoms with E-state index in [1.165, 1.54) is 5.01 Å². The SMILES string of the molecule is CSc1cccc(NC(=O)C2=NN(C3CCS(=O)(=O)C3)C(=O)CC2)c1. The summed E-state index contributed by atoms with van der Waals surface area (Å²) in [6.07, 6.45) is 2.73. The van der Waals surface area contributed by atoms with Crippen LogP contribution in [0.15, 0.2) is 34.3 Å². The molecule has 1 atom stereocenters. The molecule has 0 radical (unpaired) electrons. The fraction of sp³-hybridized carbons (Fsp3) is 0.438. The van der Waals surface area contributed by atoms with Gasteiger partial charge in [0.2, 0.25) is 5.91 Å². The van der Waals surface area contributed by atoms with Gasteiger partial charge in [0, 0.05) is 23.4 Å². The molecule has 134 valence electrons. The summed E-state index contributed by atoms with van der Waals surface area (Å²) in [6, 6.07) is 6.97. The summed E-state index contributed by atoms with van der Waals surface area (Å²) in [7, 11) is -3.13. The predicted octanol–water partition coefficient (Wildman–Crippen LogP) is 1.51. The molecule has 9 heteroatoms. The quantitative estimate of drug-likeness (QED) is 0.798. The lowest BCUT2D eigenvalue weighted by Gasteiger charge is -2.27. The second-order valence-electron chi connectivity index (χ2n) is 6.03. The van der Waals surface area contributed by atoms with E-state index in [0.717, 1.165) is 4.90 Å². The van der Waals surface area contributed by atoms with Crippen LogP contribution in [-0.4, -0.2) is 54.8 Å². The minimum Gasteiger partial charge on any atom is -0.321 e. The Morgan fingerprint density at radius 2 is 2.16 bits per heavy atom. The van der Waals surface area contributed by atoms with Gasteiger partial charge in [-0.15, -0.1) is 11.8 Å². The third-order valence-electron chi connectivity index (χ3n) is 4.20. The molecule has 2 aliphatic heterocycles. The average Bonchev–Trinajstić information content (AvgIpc) is 2.95. The van der Waals surface area contributed by atoms with Crippen molar-refractivity contribution in [1.82, 2.24) is 5.01 Å². The average molecular weight is 381 g/mol. The Hall–Kier alpha value is -1.87. The molecule has 0 bridgehead atoms. The van der Waals surface area contributed by atoms with Crippen molar-refractivity contribution < 1.29 is 18.0 Å². The minimum atomic E-state index is -3.13. The maximum atomic E-state index is 12.5. The number of carbonyl (C=O) groups is 2. The van der Waals surface area contributed by atoms with Gasteiger partial charge in [-0.2, -0.15) is 5.10 Å². The van der Waals surface area contributed by atoms with Crippen LogP contribution in [0.1, 0.15) is 19.3 Å². The van der Waals surface area contributed by atoms with E-state index >= 15 is 0 Å². The first-order valence-electron chi connectivity index (χ1n) is 7.93. The molecule has 1 aromatic carbocycles. The van der Waals surface area contributed by atoms with E-state index in [4.69, 9.17) is 0 Å². The van der Waals surface area contributed by atoms with Gasteiger partial charge < -0.3 is 5.32 Å². The monoisotopic (exact) mass is 381 g/mol. The second kappa shape index (κ2) is 7.17. The Kier molecular flexibility index (Phi) is 5.14. The summed E-state index contributed by atoms with van der Waals surface area (Å²) in [4.78, 5) is 25.6. The Morgan fingerprint density at radius 1 is 1.36 bits per heavy atom. The van der Waals surface area contributed by atoms with Crippen LogP contribution in [0.2, 0.25) is 0 Å². The van der Waals surface area contributed by atoms with Crippen molar-refractivity contribution in [2.24, 2.45) is 5.10 Å². The molecular formula is C16H19N3O4S2. The van der Waals surface area contributed by atoms with Gasteiger partial charge in [-0.25, -0.2) is 13.4 Å². The Balaban J connectivity index is 1.75. The Morgan fingerprint density at radius 3 is 2.84 bits per heavy atom. The number of nitrogens with zero attached hydrogens (tertiary/aromatic N) is 2. The molecule has 1 unspecified atom stereocenters. The number of hydrogen-bond acceptors (Lipinski definition) is 6. The molecule has 2 heterocycles. The first-order chi connectivity index (χ1) is 11.9. The van der Waals surface area contributed by atoms with E-state index < -0.39 is 15.9 Å². The van der Waals surface area contributed by atoms with Crippen LogP contribution in [0.3, 0.4) is 0 Å². The van der Waals surface area contributed by atoms with Crippen molar-refractivity contribution in [3.05, 3.63) is 24.3 Å². The number of anilines is 1. The summed E-state index contributed by atoms with van der Waals surface area (Å²) in [5, 5.41) is 8.15. The summed E-state index contributed by atoms with van der Waals surface area (Å²) in [5.41, 5.74) is 0.907. The molecule has 1 N–H and O–H groups in total. The van der Waals surface area contributed by atoms with Crippen LogP contribution in [0.4, 0.5) is 5.69 Å². The van der Waals surface area contributed by atoms with E-state index in [9.17, 15) is 18.0 Å². The normalized spacial score (nSPS) is 22.6. The number of benzene rings is 1. The standard InChI is InChI=1S/C16H19N3O4S2/c1-24-13-4-2-3-11(9-13)17-16(21)14-5-6-15(20)19(18-14)12-7-8-25(22,23)10-12/h2-4,9,12H,5-8,10H2,1H3,(H,17,21). The van der Waals surface area contributed by atoms with Gasteiger partial charge in [0.15, 0.2) is 9.84 Å². The maximum absolute atomic E-state index is 12.5. The molecule has 1 fully saturated rings. The van der Waals surface area contributed by atoms with E-state index in [1.54, 1.807) is 17.8 Å². The number of sulfone groups is 1. The summed E-state index contributed by atoms with van der Waals surface area (Å²) in [5.74, 6) is -0.632. The molecule has 0 saturated carbocycles. The maximum Gasteiger partial charge on any atom is 0.271 e. The number of hydrogen-bond donors (Lipinski definition) is 1. The fourth-order valence-corrected chi connectivity index (χ4v) is 5.04. The van der Waals surface area contributed by atoms with Gasteiger partial charge in [-0.3, -0.25) is 9.59 Å². The molecule has 0 aliphatic carbocycles. The van der Waals surface area contributed by atoms with Crippen molar-refractivity contribution in [2.75, 3.05) is 23.1 Å².